The van der Waals surface area contributed by atoms with Gasteiger partial charge in [-0.3, -0.25) is 9.35 Å². The lowest BCUT2D eigenvalue weighted by atomic mass is 9.70. The van der Waals surface area contributed by atoms with Crippen LogP contribution in [0.3, 0.4) is 0 Å². The van der Waals surface area contributed by atoms with E-state index < -0.39 is 26.7 Å². The first-order valence-corrected chi connectivity index (χ1v) is 10.7. The molecule has 0 saturated heterocycles. The number of halogens is 1. The van der Waals surface area contributed by atoms with Gasteiger partial charge in [0.2, 0.25) is 0 Å². The Morgan fingerprint density at radius 1 is 1.29 bits per heavy atom. The van der Waals surface area contributed by atoms with Crippen LogP contribution in [0.15, 0.2) is 29.8 Å². The van der Waals surface area contributed by atoms with Gasteiger partial charge in [0, 0.05) is 10.9 Å². The smallest absolute Gasteiger partial charge is 0.265 e. The van der Waals surface area contributed by atoms with Gasteiger partial charge >= 0.3 is 0 Å². The van der Waals surface area contributed by atoms with E-state index in [1.54, 1.807) is 0 Å². The van der Waals surface area contributed by atoms with Crippen molar-refractivity contribution in [2.24, 2.45) is 16.7 Å². The molecule has 2 aliphatic rings. The van der Waals surface area contributed by atoms with E-state index in [0.29, 0.717) is 12.0 Å². The summed E-state index contributed by atoms with van der Waals surface area (Å²) in [4.78, 5) is 13.1. The fraction of sp³-hybridized carbons (Fsp3) is 0.500. The topological polar surface area (TPSA) is 71.4 Å². The van der Waals surface area contributed by atoms with E-state index in [9.17, 15) is 17.8 Å². The van der Waals surface area contributed by atoms with Crippen molar-refractivity contribution >= 4 is 37.9 Å². The van der Waals surface area contributed by atoms with Crippen LogP contribution in [-0.4, -0.2) is 24.5 Å². The van der Waals surface area contributed by atoms with Crippen LogP contribution in [0.5, 0.6) is 0 Å². The summed E-state index contributed by atoms with van der Waals surface area (Å²) in [6.07, 6.45) is 3.18. The molecule has 2 saturated carbocycles. The van der Waals surface area contributed by atoms with E-state index in [1.165, 1.54) is 0 Å². The second kappa shape index (κ2) is 5.78. The van der Waals surface area contributed by atoms with Crippen LogP contribution in [0.2, 0.25) is 0 Å². The van der Waals surface area contributed by atoms with Crippen molar-refractivity contribution in [3.63, 3.8) is 0 Å². The number of carbonyl (C=O) groups excluding carboxylic acids is 1. The number of rotatable bonds is 4. The highest BCUT2D eigenvalue weighted by molar-refractivity contribution is 9.08. The van der Waals surface area contributed by atoms with Crippen molar-refractivity contribution in [2.45, 2.75) is 32.0 Å². The average molecular weight is 413 g/mol. The molecule has 0 spiro atoms. The summed E-state index contributed by atoms with van der Waals surface area (Å²) in [5.41, 5.74) is 1.31. The molecule has 1 N–H and O–H groups in total. The Morgan fingerprint density at radius 3 is 2.46 bits per heavy atom. The van der Waals surface area contributed by atoms with Crippen molar-refractivity contribution in [1.29, 1.82) is 0 Å². The third kappa shape index (κ3) is 2.68. The highest BCUT2D eigenvalue weighted by Crippen LogP contribution is 2.66. The van der Waals surface area contributed by atoms with Crippen molar-refractivity contribution in [2.75, 3.05) is 5.75 Å². The first-order valence-electron chi connectivity index (χ1n) is 7.97. The number of Topliss-reactive ketones (excluding diaryl/α,β-unsaturated/α-hetero) is 1. The van der Waals surface area contributed by atoms with Crippen LogP contribution in [0.1, 0.15) is 37.8 Å². The minimum absolute atomic E-state index is 0.0302. The SMILES string of the molecule is CC1(C)C2CCC1(CS(=O)(=O)O)C(=O)C2=Cc1ccc(CBr)cc1. The van der Waals surface area contributed by atoms with Gasteiger partial charge in [-0.25, -0.2) is 0 Å². The van der Waals surface area contributed by atoms with Crippen molar-refractivity contribution < 1.29 is 17.8 Å². The molecule has 24 heavy (non-hydrogen) atoms. The lowest BCUT2D eigenvalue weighted by molar-refractivity contribution is -0.125. The lowest BCUT2D eigenvalue weighted by Gasteiger charge is -2.34. The molecule has 2 aliphatic carbocycles. The average Bonchev–Trinajstić information content (AvgIpc) is 2.81. The molecule has 0 radical (unpaired) electrons. The highest BCUT2D eigenvalue weighted by Gasteiger charge is 2.67. The van der Waals surface area contributed by atoms with Gasteiger partial charge in [0.25, 0.3) is 10.1 Å². The lowest BCUT2D eigenvalue weighted by Crippen LogP contribution is -2.42. The Balaban J connectivity index is 2.03. The number of benzene rings is 1. The predicted octanol–water partition coefficient (Wildman–Crippen LogP) is 3.86. The molecule has 1 aromatic rings. The third-order valence-electron chi connectivity index (χ3n) is 5.92. The second-order valence-corrected chi connectivity index (χ2v) is 9.44. The van der Waals surface area contributed by atoms with E-state index in [1.807, 2.05) is 44.2 Å². The first kappa shape index (κ1) is 17.8. The van der Waals surface area contributed by atoms with Gasteiger partial charge in [0.1, 0.15) is 0 Å². The van der Waals surface area contributed by atoms with Crippen molar-refractivity contribution in [3.8, 4) is 0 Å². The molecule has 0 aromatic heterocycles. The molecule has 0 aliphatic heterocycles. The van der Waals surface area contributed by atoms with Gasteiger partial charge in [0.15, 0.2) is 5.78 Å². The summed E-state index contributed by atoms with van der Waals surface area (Å²) in [7, 11) is -4.21. The Kier molecular flexibility index (Phi) is 4.30. The van der Waals surface area contributed by atoms with E-state index >= 15 is 0 Å². The minimum atomic E-state index is -4.21. The molecule has 6 heteroatoms. The standard InChI is InChI=1S/C18H21BrO4S/c1-17(2)15-7-8-18(17,11-24(21,22)23)16(20)14(15)9-12-3-5-13(10-19)6-4-12/h3-6,9,15H,7-8,10-11H2,1-2H3,(H,21,22,23). The summed E-state index contributed by atoms with van der Waals surface area (Å²) < 4.78 is 32.4. The first-order chi connectivity index (χ1) is 11.1. The second-order valence-electron chi connectivity index (χ2n) is 7.43. The zero-order valence-corrected chi connectivity index (χ0v) is 16.2. The zero-order valence-electron chi connectivity index (χ0n) is 13.8. The number of hydrogen-bond donors (Lipinski definition) is 1. The fourth-order valence-corrected chi connectivity index (χ4v) is 6.12. The number of hydrogen-bond acceptors (Lipinski definition) is 3. The normalized spacial score (nSPS) is 30.2. The monoisotopic (exact) mass is 412 g/mol. The van der Waals surface area contributed by atoms with Crippen LogP contribution < -0.4 is 0 Å². The zero-order chi connectivity index (χ0) is 17.8. The number of alkyl halides is 1. The Morgan fingerprint density at radius 2 is 1.92 bits per heavy atom. The maximum absolute atomic E-state index is 13.1. The predicted molar refractivity (Wildman–Crippen MR) is 97.4 cm³/mol. The summed E-state index contributed by atoms with van der Waals surface area (Å²) in [5.74, 6) is -0.573. The van der Waals surface area contributed by atoms with Gasteiger partial charge in [0.05, 0.1) is 11.2 Å². The third-order valence-corrected chi connectivity index (χ3v) is 7.43. The molecule has 2 unspecified atom stereocenters. The molecule has 4 nitrogen and oxygen atoms in total. The molecule has 2 atom stereocenters. The number of carbonyl (C=O) groups is 1. The number of allylic oxidation sites excluding steroid dienone is 1. The Labute approximate surface area is 151 Å². The van der Waals surface area contributed by atoms with Crippen molar-refractivity contribution in [3.05, 3.63) is 41.0 Å². The van der Waals surface area contributed by atoms with Crippen LogP contribution in [0.25, 0.3) is 6.08 Å². The summed E-state index contributed by atoms with van der Waals surface area (Å²) in [6, 6.07) is 7.92. The summed E-state index contributed by atoms with van der Waals surface area (Å²) in [5, 5.41) is 0.774. The van der Waals surface area contributed by atoms with Crippen LogP contribution in [0.4, 0.5) is 0 Å². The van der Waals surface area contributed by atoms with Crippen LogP contribution in [0, 0.1) is 16.7 Å². The van der Waals surface area contributed by atoms with Gasteiger partial charge in [-0.05, 0) is 41.4 Å². The Bertz CT molecular complexity index is 808. The van der Waals surface area contributed by atoms with E-state index in [-0.39, 0.29) is 11.7 Å². The van der Waals surface area contributed by atoms with Gasteiger partial charge in [-0.2, -0.15) is 8.42 Å². The quantitative estimate of drug-likeness (QED) is 0.462. The van der Waals surface area contributed by atoms with Gasteiger partial charge in [-0.1, -0.05) is 54.0 Å². The fourth-order valence-electron chi connectivity index (χ4n) is 4.48. The largest absolute Gasteiger partial charge is 0.294 e. The maximum Gasteiger partial charge on any atom is 0.265 e. The van der Waals surface area contributed by atoms with E-state index in [2.05, 4.69) is 15.9 Å². The molecule has 0 amide bonds. The molecular weight excluding hydrogens is 392 g/mol. The molecule has 2 fully saturated rings. The molecule has 2 bridgehead atoms. The molecule has 1 aromatic carbocycles. The molecule has 130 valence electrons. The summed E-state index contributed by atoms with van der Waals surface area (Å²) >= 11 is 3.41. The molecular formula is C18H21BrO4S. The highest BCUT2D eigenvalue weighted by atomic mass is 79.9. The van der Waals surface area contributed by atoms with Gasteiger partial charge in [-0.15, -0.1) is 0 Å². The molecule has 3 rings (SSSR count). The van der Waals surface area contributed by atoms with Crippen LogP contribution >= 0.6 is 15.9 Å². The van der Waals surface area contributed by atoms with Gasteiger partial charge < -0.3 is 0 Å². The summed E-state index contributed by atoms with van der Waals surface area (Å²) in [6.45, 7) is 3.89. The van der Waals surface area contributed by atoms with E-state index in [4.69, 9.17) is 0 Å². The maximum atomic E-state index is 13.1. The minimum Gasteiger partial charge on any atom is -0.294 e. The number of ketones is 1. The van der Waals surface area contributed by atoms with Crippen LogP contribution in [-0.2, 0) is 20.2 Å². The Hall–Kier alpha value is -0.980. The molecule has 0 heterocycles. The van der Waals surface area contributed by atoms with Crippen molar-refractivity contribution in [1.82, 2.24) is 0 Å². The van der Waals surface area contributed by atoms with E-state index in [0.717, 1.165) is 22.9 Å². The number of fused-ring (bicyclic) bond motifs is 2.